The molecular weight excluding hydrogens is 314 g/mol. The molecule has 6 nitrogen and oxygen atoms in total. The molecule has 6 heteroatoms. The number of carbonyl (C=O) groups is 1. The van der Waals surface area contributed by atoms with Crippen molar-refractivity contribution in [3.8, 4) is 0 Å². The van der Waals surface area contributed by atoms with Crippen LogP contribution in [-0.2, 0) is 7.05 Å². The van der Waals surface area contributed by atoms with Gasteiger partial charge in [-0.1, -0.05) is 0 Å². The van der Waals surface area contributed by atoms with Crippen LogP contribution in [0.15, 0.2) is 12.3 Å². The standard InChI is InChI=1S/C19H31N5O/c1-22-11-3-5-15(17(22)16-6-10-21-23(16)2)13-20-18(25)24-12-4-7-19(14-24)8-9-19/h6,10,15,17H,3-5,7-9,11-14H2,1-2H3,(H,20,25)/t15-,17+/m0/s1. The van der Waals surface area contributed by atoms with E-state index in [9.17, 15) is 4.79 Å². The summed E-state index contributed by atoms with van der Waals surface area (Å²) in [6, 6.07) is 2.59. The third-order valence-electron chi connectivity index (χ3n) is 6.59. The number of nitrogens with one attached hydrogen (secondary N) is 1. The van der Waals surface area contributed by atoms with Crippen molar-refractivity contribution in [3.63, 3.8) is 0 Å². The van der Waals surface area contributed by atoms with Crippen LogP contribution >= 0.6 is 0 Å². The number of piperidine rings is 2. The molecule has 2 atom stereocenters. The Labute approximate surface area is 150 Å². The van der Waals surface area contributed by atoms with Gasteiger partial charge in [0.1, 0.15) is 0 Å². The van der Waals surface area contributed by atoms with Gasteiger partial charge >= 0.3 is 6.03 Å². The molecule has 1 aromatic rings. The summed E-state index contributed by atoms with van der Waals surface area (Å²) in [5, 5.41) is 7.60. The van der Waals surface area contributed by atoms with Crippen LogP contribution in [0.2, 0.25) is 0 Å². The molecule has 2 aliphatic heterocycles. The van der Waals surface area contributed by atoms with Gasteiger partial charge in [0.2, 0.25) is 0 Å². The summed E-state index contributed by atoms with van der Waals surface area (Å²) in [4.78, 5) is 17.2. The summed E-state index contributed by atoms with van der Waals surface area (Å²) in [6.07, 6.45) is 9.32. The maximum absolute atomic E-state index is 12.7. The molecule has 3 fully saturated rings. The van der Waals surface area contributed by atoms with Crippen molar-refractivity contribution < 1.29 is 4.79 Å². The fraction of sp³-hybridized carbons (Fsp3) is 0.789. The van der Waals surface area contributed by atoms with E-state index in [4.69, 9.17) is 0 Å². The molecule has 1 spiro atoms. The minimum Gasteiger partial charge on any atom is -0.338 e. The van der Waals surface area contributed by atoms with Gasteiger partial charge in [0.15, 0.2) is 0 Å². The zero-order valence-corrected chi connectivity index (χ0v) is 15.6. The zero-order chi connectivity index (χ0) is 17.4. The maximum Gasteiger partial charge on any atom is 0.317 e. The first-order valence-electron chi connectivity index (χ1n) is 9.79. The summed E-state index contributed by atoms with van der Waals surface area (Å²) in [6.45, 7) is 3.75. The van der Waals surface area contributed by atoms with E-state index in [1.165, 1.54) is 31.4 Å². The highest BCUT2D eigenvalue weighted by Crippen LogP contribution is 2.52. The molecule has 3 aliphatic rings. The van der Waals surface area contributed by atoms with E-state index in [1.54, 1.807) is 0 Å². The molecule has 3 heterocycles. The van der Waals surface area contributed by atoms with Gasteiger partial charge in [0.05, 0.1) is 11.7 Å². The molecule has 1 aliphatic carbocycles. The van der Waals surface area contributed by atoms with E-state index in [0.29, 0.717) is 17.4 Å². The lowest BCUT2D eigenvalue weighted by Crippen LogP contribution is -2.49. The minimum absolute atomic E-state index is 0.142. The van der Waals surface area contributed by atoms with Gasteiger partial charge in [0.25, 0.3) is 0 Å². The zero-order valence-electron chi connectivity index (χ0n) is 15.6. The van der Waals surface area contributed by atoms with Crippen LogP contribution in [0.4, 0.5) is 4.79 Å². The van der Waals surface area contributed by atoms with E-state index < -0.39 is 0 Å². The van der Waals surface area contributed by atoms with Crippen LogP contribution in [0, 0.1) is 11.3 Å². The molecule has 2 saturated heterocycles. The Balaban J connectivity index is 1.38. The Kier molecular flexibility index (Phi) is 4.48. The average Bonchev–Trinajstić information content (AvgIpc) is 3.21. The van der Waals surface area contributed by atoms with Crippen molar-refractivity contribution in [2.75, 3.05) is 33.2 Å². The summed E-state index contributed by atoms with van der Waals surface area (Å²) in [5.74, 6) is 0.442. The van der Waals surface area contributed by atoms with E-state index >= 15 is 0 Å². The first-order chi connectivity index (χ1) is 12.1. The molecule has 0 bridgehead atoms. The van der Waals surface area contributed by atoms with E-state index in [-0.39, 0.29) is 6.03 Å². The molecule has 138 valence electrons. The number of urea groups is 1. The number of aromatic nitrogens is 2. The molecule has 0 aromatic carbocycles. The van der Waals surface area contributed by atoms with Gasteiger partial charge in [-0.25, -0.2) is 4.79 Å². The highest BCUT2D eigenvalue weighted by atomic mass is 16.2. The first-order valence-corrected chi connectivity index (χ1v) is 9.79. The smallest absolute Gasteiger partial charge is 0.317 e. The van der Waals surface area contributed by atoms with Crippen molar-refractivity contribution in [2.45, 2.75) is 44.6 Å². The Bertz CT molecular complexity index is 623. The summed E-state index contributed by atoms with van der Waals surface area (Å²) < 4.78 is 1.97. The van der Waals surface area contributed by atoms with Gasteiger partial charge < -0.3 is 10.2 Å². The average molecular weight is 345 g/mol. The van der Waals surface area contributed by atoms with Crippen molar-refractivity contribution in [3.05, 3.63) is 18.0 Å². The minimum atomic E-state index is 0.142. The van der Waals surface area contributed by atoms with Crippen LogP contribution in [0.1, 0.15) is 50.3 Å². The fourth-order valence-corrected chi connectivity index (χ4v) is 4.91. The Hall–Kier alpha value is -1.56. The number of nitrogens with zero attached hydrogens (tertiary/aromatic N) is 4. The number of aryl methyl sites for hydroxylation is 1. The summed E-state index contributed by atoms with van der Waals surface area (Å²) in [5.41, 5.74) is 1.73. The largest absolute Gasteiger partial charge is 0.338 e. The van der Waals surface area contributed by atoms with Crippen LogP contribution in [0.5, 0.6) is 0 Å². The SMILES string of the molecule is CN1CCC[C@@H](CNC(=O)N2CCCC3(CC3)C2)[C@@H]1c1ccnn1C. The summed E-state index contributed by atoms with van der Waals surface area (Å²) in [7, 11) is 4.20. The Morgan fingerprint density at radius 3 is 2.84 bits per heavy atom. The monoisotopic (exact) mass is 345 g/mol. The molecule has 1 N–H and O–H groups in total. The maximum atomic E-state index is 12.7. The molecule has 0 radical (unpaired) electrons. The van der Waals surface area contributed by atoms with Gasteiger partial charge in [-0.3, -0.25) is 9.58 Å². The summed E-state index contributed by atoms with van der Waals surface area (Å²) >= 11 is 0. The molecule has 2 amide bonds. The lowest BCUT2D eigenvalue weighted by molar-refractivity contribution is 0.109. The quantitative estimate of drug-likeness (QED) is 0.915. The van der Waals surface area contributed by atoms with E-state index in [0.717, 1.165) is 39.0 Å². The first kappa shape index (κ1) is 16.9. The van der Waals surface area contributed by atoms with Crippen LogP contribution in [0.3, 0.4) is 0 Å². The highest BCUT2D eigenvalue weighted by Gasteiger charge is 2.46. The second-order valence-electron chi connectivity index (χ2n) is 8.42. The van der Waals surface area contributed by atoms with E-state index in [1.807, 2.05) is 17.9 Å². The van der Waals surface area contributed by atoms with Crippen LogP contribution < -0.4 is 5.32 Å². The normalized spacial score (nSPS) is 29.0. The molecule has 25 heavy (non-hydrogen) atoms. The number of hydrogen-bond acceptors (Lipinski definition) is 3. The van der Waals surface area contributed by atoms with Crippen LogP contribution in [-0.4, -0.2) is 58.8 Å². The lowest BCUT2D eigenvalue weighted by Gasteiger charge is -2.40. The lowest BCUT2D eigenvalue weighted by atomic mass is 9.87. The van der Waals surface area contributed by atoms with E-state index in [2.05, 4.69) is 33.3 Å². The Morgan fingerprint density at radius 1 is 1.28 bits per heavy atom. The number of likely N-dealkylation sites (tertiary alicyclic amines) is 2. The van der Waals surface area contributed by atoms with Crippen molar-refractivity contribution in [1.29, 1.82) is 0 Å². The third-order valence-corrected chi connectivity index (χ3v) is 6.59. The van der Waals surface area contributed by atoms with Gasteiger partial charge in [-0.2, -0.15) is 5.10 Å². The van der Waals surface area contributed by atoms with Crippen molar-refractivity contribution >= 4 is 6.03 Å². The fourth-order valence-electron chi connectivity index (χ4n) is 4.91. The van der Waals surface area contributed by atoms with Crippen molar-refractivity contribution in [1.82, 2.24) is 24.9 Å². The number of hydrogen-bond donors (Lipinski definition) is 1. The molecular formula is C19H31N5O. The Morgan fingerprint density at radius 2 is 2.12 bits per heavy atom. The van der Waals surface area contributed by atoms with Crippen molar-refractivity contribution in [2.24, 2.45) is 18.4 Å². The highest BCUT2D eigenvalue weighted by molar-refractivity contribution is 5.74. The number of amides is 2. The number of carbonyl (C=O) groups excluding carboxylic acids is 1. The second kappa shape index (κ2) is 6.63. The van der Waals surface area contributed by atoms with Gasteiger partial charge in [-0.15, -0.1) is 0 Å². The predicted molar refractivity (Wildman–Crippen MR) is 97.2 cm³/mol. The number of rotatable bonds is 3. The van der Waals surface area contributed by atoms with Gasteiger partial charge in [0, 0.05) is 32.9 Å². The second-order valence-corrected chi connectivity index (χ2v) is 8.42. The molecule has 1 aromatic heterocycles. The van der Waals surface area contributed by atoms with Crippen LogP contribution in [0.25, 0.3) is 0 Å². The van der Waals surface area contributed by atoms with Gasteiger partial charge in [-0.05, 0) is 69.5 Å². The molecule has 1 saturated carbocycles. The third kappa shape index (κ3) is 3.41. The predicted octanol–water partition coefficient (Wildman–Crippen LogP) is 2.39. The molecule has 0 unspecified atom stereocenters. The topological polar surface area (TPSA) is 53.4 Å². The molecule has 4 rings (SSSR count).